The van der Waals surface area contributed by atoms with Crippen LogP contribution in [0.5, 0.6) is 0 Å². The first-order valence-electron chi connectivity index (χ1n) is 8.36. The number of anilines is 1. The van der Waals surface area contributed by atoms with Crippen molar-refractivity contribution in [2.45, 2.75) is 25.8 Å². The fraction of sp³-hybridized carbons (Fsp3) is 0.200. The van der Waals surface area contributed by atoms with Gasteiger partial charge in [-0.3, -0.25) is 5.32 Å². The van der Waals surface area contributed by atoms with E-state index in [1.54, 1.807) is 6.07 Å². The second kappa shape index (κ2) is 8.06. The molecule has 3 aromatic rings. The maximum absolute atomic E-state index is 13.8. The summed E-state index contributed by atoms with van der Waals surface area (Å²) in [6, 6.07) is 14.1. The molecule has 3 rings (SSSR count). The number of amides is 2. The van der Waals surface area contributed by atoms with Crippen molar-refractivity contribution in [1.29, 1.82) is 0 Å². The number of aromatic nitrogens is 1. The van der Waals surface area contributed by atoms with Gasteiger partial charge in [-0.05, 0) is 23.3 Å². The minimum atomic E-state index is -0.525. The number of rotatable bonds is 5. The topological polar surface area (TPSA) is 54.0 Å². The number of halogens is 2. The van der Waals surface area contributed by atoms with E-state index in [0.29, 0.717) is 11.7 Å². The minimum Gasteiger partial charge on any atom is -0.334 e. The highest BCUT2D eigenvalue weighted by Crippen LogP contribution is 2.34. The number of carbonyl (C=O) groups excluding carboxylic acids is 1. The van der Waals surface area contributed by atoms with E-state index in [0.717, 1.165) is 16.8 Å². The average Bonchev–Trinajstić information content (AvgIpc) is 3.12. The molecule has 27 heavy (non-hydrogen) atoms. The third-order valence-corrected chi connectivity index (χ3v) is 5.37. The predicted octanol–water partition coefficient (Wildman–Crippen LogP) is 5.58. The molecule has 0 saturated carbocycles. The van der Waals surface area contributed by atoms with Gasteiger partial charge in [0, 0.05) is 17.3 Å². The van der Waals surface area contributed by atoms with Crippen LogP contribution in [0.25, 0.3) is 0 Å². The third kappa shape index (κ3) is 4.64. The summed E-state index contributed by atoms with van der Waals surface area (Å²) in [5.74, 6) is -0.462. The van der Waals surface area contributed by atoms with E-state index < -0.39 is 11.2 Å². The van der Waals surface area contributed by atoms with Gasteiger partial charge in [0.25, 0.3) is 0 Å². The molecule has 0 saturated heterocycles. The molecule has 0 aliphatic heterocycles. The first-order valence-corrected chi connectivity index (χ1v) is 9.62. The van der Waals surface area contributed by atoms with Gasteiger partial charge in [-0.2, -0.15) is 0 Å². The highest BCUT2D eigenvalue weighted by atomic mass is 35.5. The molecule has 4 nitrogen and oxygen atoms in total. The number of urea groups is 1. The lowest BCUT2D eigenvalue weighted by molar-refractivity contribution is 0.251. The molecule has 1 heterocycles. The van der Waals surface area contributed by atoms with E-state index in [2.05, 4.69) is 15.6 Å². The van der Waals surface area contributed by atoms with Crippen LogP contribution in [0.4, 0.5) is 14.3 Å². The molecule has 0 bridgehead atoms. The zero-order valence-corrected chi connectivity index (χ0v) is 16.5. The van der Waals surface area contributed by atoms with E-state index in [9.17, 15) is 9.18 Å². The predicted molar refractivity (Wildman–Crippen MR) is 108 cm³/mol. The highest BCUT2D eigenvalue weighted by Gasteiger charge is 2.27. The standard InChI is InChI=1S/C20H19ClFN3OS/c1-20(2,14-8-9-15(21)16(22)10-14)17-12-27-19(24-17)25-18(26)23-11-13-6-4-3-5-7-13/h3-10,12H,11H2,1-2H3,(H2,23,24,25,26). The molecule has 2 N–H and O–H groups in total. The summed E-state index contributed by atoms with van der Waals surface area (Å²) in [6.07, 6.45) is 0. The number of nitrogens with one attached hydrogen (secondary N) is 2. The lowest BCUT2D eigenvalue weighted by Crippen LogP contribution is -2.28. The summed E-state index contributed by atoms with van der Waals surface area (Å²) in [4.78, 5) is 16.6. The minimum absolute atomic E-state index is 0.0882. The van der Waals surface area contributed by atoms with Gasteiger partial charge in [-0.25, -0.2) is 14.2 Å². The van der Waals surface area contributed by atoms with Crippen LogP contribution in [-0.4, -0.2) is 11.0 Å². The maximum atomic E-state index is 13.8. The van der Waals surface area contributed by atoms with Crippen molar-refractivity contribution in [3.8, 4) is 0 Å². The molecule has 0 fully saturated rings. The fourth-order valence-electron chi connectivity index (χ4n) is 2.57. The summed E-state index contributed by atoms with van der Waals surface area (Å²) in [5, 5.41) is 7.96. The first-order chi connectivity index (χ1) is 12.9. The van der Waals surface area contributed by atoms with E-state index in [1.807, 2.05) is 49.6 Å². The number of thiazole rings is 1. The summed E-state index contributed by atoms with van der Waals surface area (Å²) in [6.45, 7) is 4.33. The summed E-state index contributed by atoms with van der Waals surface area (Å²) >= 11 is 7.09. The Bertz CT molecular complexity index is 943. The van der Waals surface area contributed by atoms with E-state index in [-0.39, 0.29) is 11.1 Å². The van der Waals surface area contributed by atoms with Gasteiger partial charge >= 0.3 is 6.03 Å². The van der Waals surface area contributed by atoms with Crippen molar-refractivity contribution in [2.75, 3.05) is 5.32 Å². The number of hydrogen-bond donors (Lipinski definition) is 2. The summed E-state index contributed by atoms with van der Waals surface area (Å²) in [5.41, 5.74) is 1.99. The normalized spacial score (nSPS) is 11.3. The Balaban J connectivity index is 1.66. The molecule has 1 aromatic heterocycles. The Morgan fingerprint density at radius 1 is 1.22 bits per heavy atom. The van der Waals surface area contributed by atoms with Crippen LogP contribution in [0, 0.1) is 5.82 Å². The molecule has 7 heteroatoms. The summed E-state index contributed by atoms with van der Waals surface area (Å²) in [7, 11) is 0. The van der Waals surface area contributed by atoms with Crippen molar-refractivity contribution in [1.82, 2.24) is 10.3 Å². The number of carbonyl (C=O) groups is 1. The van der Waals surface area contributed by atoms with Gasteiger partial charge in [-0.1, -0.05) is 61.8 Å². The van der Waals surface area contributed by atoms with Gasteiger partial charge < -0.3 is 5.32 Å². The van der Waals surface area contributed by atoms with Gasteiger partial charge in [0.05, 0.1) is 10.7 Å². The smallest absolute Gasteiger partial charge is 0.321 e. The van der Waals surface area contributed by atoms with Crippen molar-refractivity contribution in [3.05, 3.63) is 81.6 Å². The molecule has 2 aromatic carbocycles. The maximum Gasteiger partial charge on any atom is 0.321 e. The molecular formula is C20H19ClFN3OS. The molecule has 0 aliphatic carbocycles. The Hall–Kier alpha value is -2.44. The molecule has 140 valence electrons. The van der Waals surface area contributed by atoms with Gasteiger partial charge in [0.15, 0.2) is 5.13 Å². The second-order valence-corrected chi connectivity index (χ2v) is 7.85. The summed E-state index contributed by atoms with van der Waals surface area (Å²) < 4.78 is 13.8. The molecule has 0 atom stereocenters. The lowest BCUT2D eigenvalue weighted by atomic mass is 9.82. The van der Waals surface area contributed by atoms with Crippen LogP contribution < -0.4 is 10.6 Å². The van der Waals surface area contributed by atoms with Crippen molar-refractivity contribution in [2.24, 2.45) is 0 Å². The molecule has 0 spiro atoms. The SMILES string of the molecule is CC(C)(c1ccc(Cl)c(F)c1)c1csc(NC(=O)NCc2ccccc2)n1. The highest BCUT2D eigenvalue weighted by molar-refractivity contribution is 7.13. The zero-order chi connectivity index (χ0) is 19.4. The lowest BCUT2D eigenvalue weighted by Gasteiger charge is -2.23. The average molecular weight is 404 g/mol. The van der Waals surface area contributed by atoms with E-state index >= 15 is 0 Å². The number of benzene rings is 2. The Morgan fingerprint density at radius 2 is 1.96 bits per heavy atom. The monoisotopic (exact) mass is 403 g/mol. The van der Waals surface area contributed by atoms with Crippen LogP contribution in [0.15, 0.2) is 53.9 Å². The number of hydrogen-bond acceptors (Lipinski definition) is 3. The Morgan fingerprint density at radius 3 is 2.67 bits per heavy atom. The van der Waals surface area contributed by atoms with Crippen molar-refractivity contribution < 1.29 is 9.18 Å². The van der Waals surface area contributed by atoms with Crippen molar-refractivity contribution >= 4 is 34.1 Å². The molecule has 0 radical (unpaired) electrons. The third-order valence-electron chi connectivity index (χ3n) is 4.30. The van der Waals surface area contributed by atoms with Gasteiger partial charge in [0.1, 0.15) is 5.82 Å². The molecule has 0 aliphatic rings. The number of nitrogens with zero attached hydrogens (tertiary/aromatic N) is 1. The quantitative estimate of drug-likeness (QED) is 0.584. The molecular weight excluding hydrogens is 385 g/mol. The molecule has 0 unspecified atom stereocenters. The Kier molecular flexibility index (Phi) is 5.77. The van der Waals surface area contributed by atoms with Crippen LogP contribution >= 0.6 is 22.9 Å². The molecule has 2 amide bonds. The zero-order valence-electron chi connectivity index (χ0n) is 14.9. The van der Waals surface area contributed by atoms with Crippen LogP contribution in [-0.2, 0) is 12.0 Å². The van der Waals surface area contributed by atoms with Crippen LogP contribution in [0.3, 0.4) is 0 Å². The van der Waals surface area contributed by atoms with Crippen LogP contribution in [0.2, 0.25) is 5.02 Å². The van der Waals surface area contributed by atoms with E-state index in [4.69, 9.17) is 11.6 Å². The van der Waals surface area contributed by atoms with Gasteiger partial charge in [-0.15, -0.1) is 11.3 Å². The first kappa shape index (κ1) is 19.3. The second-order valence-electron chi connectivity index (χ2n) is 6.59. The van der Waals surface area contributed by atoms with Gasteiger partial charge in [0.2, 0.25) is 0 Å². The van der Waals surface area contributed by atoms with Crippen molar-refractivity contribution in [3.63, 3.8) is 0 Å². The van der Waals surface area contributed by atoms with E-state index in [1.165, 1.54) is 23.5 Å². The van der Waals surface area contributed by atoms with Crippen LogP contribution in [0.1, 0.15) is 30.7 Å². The Labute approximate surface area is 166 Å². The fourth-order valence-corrected chi connectivity index (χ4v) is 3.56. The largest absolute Gasteiger partial charge is 0.334 e.